The Morgan fingerprint density at radius 1 is 1.38 bits per heavy atom. The molecule has 0 aliphatic rings. The van der Waals surface area contributed by atoms with E-state index >= 15 is 0 Å². The summed E-state index contributed by atoms with van der Waals surface area (Å²) in [6.07, 6.45) is 4.74. The third kappa shape index (κ3) is 8.28. The Kier molecular flexibility index (Phi) is 8.51. The van der Waals surface area contributed by atoms with E-state index in [0.717, 1.165) is 25.7 Å². The fourth-order valence-corrected chi connectivity index (χ4v) is 1.19. The van der Waals surface area contributed by atoms with E-state index in [0.29, 0.717) is 13.0 Å². The molecule has 0 heterocycles. The van der Waals surface area contributed by atoms with Crippen LogP contribution >= 0.6 is 15.9 Å². The van der Waals surface area contributed by atoms with Gasteiger partial charge in [-0.1, -0.05) is 42.6 Å². The highest BCUT2D eigenvalue weighted by Gasteiger charge is 2.08. The fourth-order valence-electron chi connectivity index (χ4n) is 0.922. The van der Waals surface area contributed by atoms with Gasteiger partial charge in [0.05, 0.1) is 13.0 Å². The van der Waals surface area contributed by atoms with Gasteiger partial charge in [-0.3, -0.25) is 4.79 Å². The summed E-state index contributed by atoms with van der Waals surface area (Å²) in [6, 6.07) is 0. The molecule has 0 bridgehead atoms. The zero-order chi connectivity index (χ0) is 10.1. The number of hydrogen-bond acceptors (Lipinski definition) is 2. The Morgan fingerprint density at radius 2 is 2.08 bits per heavy atom. The smallest absolute Gasteiger partial charge is 0.306 e. The van der Waals surface area contributed by atoms with Gasteiger partial charge in [0.1, 0.15) is 0 Å². The SMILES string of the molecule is CCCCCOC(=O)CC(Br)CC. The van der Waals surface area contributed by atoms with Gasteiger partial charge in [-0.05, 0) is 12.8 Å². The summed E-state index contributed by atoms with van der Waals surface area (Å²) in [4.78, 5) is 11.4. The molecule has 0 amide bonds. The highest BCUT2D eigenvalue weighted by atomic mass is 79.9. The summed E-state index contributed by atoms with van der Waals surface area (Å²) in [6.45, 7) is 4.76. The molecule has 3 heteroatoms. The van der Waals surface area contributed by atoms with Gasteiger partial charge in [0, 0.05) is 4.83 Å². The molecule has 0 aliphatic heterocycles. The van der Waals surface area contributed by atoms with E-state index in [9.17, 15) is 4.79 Å². The van der Waals surface area contributed by atoms with Crippen LogP contribution in [0.5, 0.6) is 0 Å². The topological polar surface area (TPSA) is 26.3 Å². The fraction of sp³-hybridized carbons (Fsp3) is 0.900. The summed E-state index contributed by atoms with van der Waals surface area (Å²) in [7, 11) is 0. The van der Waals surface area contributed by atoms with Crippen molar-refractivity contribution in [3.05, 3.63) is 0 Å². The lowest BCUT2D eigenvalue weighted by molar-refractivity contribution is -0.143. The number of halogens is 1. The van der Waals surface area contributed by atoms with Gasteiger partial charge in [0.25, 0.3) is 0 Å². The second-order valence-electron chi connectivity index (χ2n) is 3.14. The molecule has 78 valence electrons. The molecule has 0 radical (unpaired) electrons. The van der Waals surface area contributed by atoms with Crippen LogP contribution in [0.4, 0.5) is 0 Å². The third-order valence-electron chi connectivity index (χ3n) is 1.84. The minimum Gasteiger partial charge on any atom is -0.466 e. The molecule has 13 heavy (non-hydrogen) atoms. The second-order valence-corrected chi connectivity index (χ2v) is 4.43. The second kappa shape index (κ2) is 8.54. The van der Waals surface area contributed by atoms with Crippen molar-refractivity contribution < 1.29 is 9.53 Å². The van der Waals surface area contributed by atoms with Crippen molar-refractivity contribution in [2.24, 2.45) is 0 Å². The Bertz CT molecular complexity index is 137. The molecule has 0 saturated heterocycles. The molecule has 0 rings (SSSR count). The minimum atomic E-state index is -0.0835. The van der Waals surface area contributed by atoms with E-state index in [2.05, 4.69) is 22.9 Å². The van der Waals surface area contributed by atoms with E-state index in [1.54, 1.807) is 0 Å². The monoisotopic (exact) mass is 250 g/mol. The highest BCUT2D eigenvalue weighted by molar-refractivity contribution is 9.09. The van der Waals surface area contributed by atoms with Crippen molar-refractivity contribution in [1.29, 1.82) is 0 Å². The van der Waals surface area contributed by atoms with Crippen molar-refractivity contribution >= 4 is 21.9 Å². The van der Waals surface area contributed by atoms with Crippen LogP contribution in [0.1, 0.15) is 46.0 Å². The molecule has 0 aromatic carbocycles. The summed E-state index contributed by atoms with van der Waals surface area (Å²) in [5.74, 6) is -0.0835. The maximum absolute atomic E-state index is 11.1. The molecule has 0 fully saturated rings. The van der Waals surface area contributed by atoms with E-state index in [4.69, 9.17) is 4.74 Å². The van der Waals surface area contributed by atoms with Crippen molar-refractivity contribution in [3.63, 3.8) is 0 Å². The van der Waals surface area contributed by atoms with E-state index in [1.165, 1.54) is 0 Å². The first-order valence-corrected chi connectivity index (χ1v) is 5.92. The number of rotatable bonds is 7. The summed E-state index contributed by atoms with van der Waals surface area (Å²) in [5, 5.41) is 0. The first-order chi connectivity index (χ1) is 6.20. The number of alkyl halides is 1. The number of unbranched alkanes of at least 4 members (excludes halogenated alkanes) is 2. The Balaban J connectivity index is 3.30. The first-order valence-electron chi connectivity index (χ1n) is 5.00. The molecule has 2 nitrogen and oxygen atoms in total. The van der Waals surface area contributed by atoms with Crippen LogP contribution in [0, 0.1) is 0 Å². The number of hydrogen-bond donors (Lipinski definition) is 0. The predicted octanol–water partition coefficient (Wildman–Crippen LogP) is 3.28. The van der Waals surface area contributed by atoms with Gasteiger partial charge in [-0.25, -0.2) is 0 Å². The molecule has 1 unspecified atom stereocenters. The summed E-state index contributed by atoms with van der Waals surface area (Å²) < 4.78 is 5.05. The van der Waals surface area contributed by atoms with Crippen LogP contribution in [0.15, 0.2) is 0 Å². The average molecular weight is 251 g/mol. The van der Waals surface area contributed by atoms with Crippen LogP contribution in [-0.4, -0.2) is 17.4 Å². The van der Waals surface area contributed by atoms with Gasteiger partial charge in [-0.15, -0.1) is 0 Å². The molecule has 0 aliphatic carbocycles. The molecule has 1 atom stereocenters. The van der Waals surface area contributed by atoms with Crippen LogP contribution in [0.3, 0.4) is 0 Å². The van der Waals surface area contributed by atoms with E-state index < -0.39 is 0 Å². The lowest BCUT2D eigenvalue weighted by Crippen LogP contribution is -2.11. The molecule has 0 saturated carbocycles. The normalized spacial score (nSPS) is 12.5. The lowest BCUT2D eigenvalue weighted by atomic mass is 10.2. The number of ether oxygens (including phenoxy) is 1. The van der Waals surface area contributed by atoms with Gasteiger partial charge in [0.15, 0.2) is 0 Å². The molecule has 0 aromatic heterocycles. The van der Waals surface area contributed by atoms with Gasteiger partial charge in [0.2, 0.25) is 0 Å². The quantitative estimate of drug-likeness (QED) is 0.394. The molecule has 0 spiro atoms. The van der Waals surface area contributed by atoms with E-state index in [1.807, 2.05) is 6.92 Å². The third-order valence-corrected chi connectivity index (χ3v) is 2.81. The zero-order valence-electron chi connectivity index (χ0n) is 8.51. The van der Waals surface area contributed by atoms with E-state index in [-0.39, 0.29) is 10.8 Å². The number of carbonyl (C=O) groups is 1. The summed E-state index contributed by atoms with van der Waals surface area (Å²) in [5.41, 5.74) is 0. The molecule has 0 N–H and O–H groups in total. The van der Waals surface area contributed by atoms with Crippen LogP contribution in [0.25, 0.3) is 0 Å². The molecular weight excluding hydrogens is 232 g/mol. The Morgan fingerprint density at radius 3 is 2.62 bits per heavy atom. The van der Waals surface area contributed by atoms with Crippen molar-refractivity contribution in [1.82, 2.24) is 0 Å². The highest BCUT2D eigenvalue weighted by Crippen LogP contribution is 2.10. The summed E-state index contributed by atoms with van der Waals surface area (Å²) >= 11 is 3.40. The van der Waals surface area contributed by atoms with Gasteiger partial charge < -0.3 is 4.74 Å². The predicted molar refractivity (Wildman–Crippen MR) is 58.1 cm³/mol. The number of esters is 1. The van der Waals surface area contributed by atoms with Crippen molar-refractivity contribution in [2.75, 3.05) is 6.61 Å². The van der Waals surface area contributed by atoms with Crippen LogP contribution in [-0.2, 0) is 9.53 Å². The molecular formula is C10H19BrO2. The number of carbonyl (C=O) groups excluding carboxylic acids is 1. The maximum atomic E-state index is 11.1. The van der Waals surface area contributed by atoms with Crippen molar-refractivity contribution in [3.8, 4) is 0 Å². The minimum absolute atomic E-state index is 0.0835. The van der Waals surface area contributed by atoms with Crippen LogP contribution < -0.4 is 0 Å². The molecule has 0 aromatic rings. The van der Waals surface area contributed by atoms with Crippen LogP contribution in [0.2, 0.25) is 0 Å². The Hall–Kier alpha value is -0.0500. The zero-order valence-corrected chi connectivity index (χ0v) is 10.1. The van der Waals surface area contributed by atoms with Gasteiger partial charge in [-0.2, -0.15) is 0 Å². The lowest BCUT2D eigenvalue weighted by Gasteiger charge is -2.06. The largest absolute Gasteiger partial charge is 0.466 e. The average Bonchev–Trinajstić information content (AvgIpc) is 2.12. The Labute approximate surface area is 89.2 Å². The first kappa shape index (κ1) is 12.9. The van der Waals surface area contributed by atoms with Crippen molar-refractivity contribution in [2.45, 2.75) is 50.8 Å². The standard InChI is InChI=1S/C10H19BrO2/c1-3-5-6-7-13-10(12)8-9(11)4-2/h9H,3-8H2,1-2H3. The van der Waals surface area contributed by atoms with Gasteiger partial charge >= 0.3 is 5.97 Å². The maximum Gasteiger partial charge on any atom is 0.306 e.